The van der Waals surface area contributed by atoms with Gasteiger partial charge in [0, 0.05) is 27.7 Å². The van der Waals surface area contributed by atoms with Crippen molar-refractivity contribution in [1.82, 2.24) is 10.5 Å². The molecule has 1 aromatic rings. The van der Waals surface area contributed by atoms with E-state index < -0.39 is 67.0 Å². The molecule has 176 valence electrons. The number of nitrogens with zero attached hydrogens (tertiary/aromatic N) is 1. The predicted octanol–water partition coefficient (Wildman–Crippen LogP) is -0.204. The summed E-state index contributed by atoms with van der Waals surface area (Å²) in [6.45, 7) is 5.57. The first-order chi connectivity index (χ1) is 15.0. The van der Waals surface area contributed by atoms with Crippen molar-refractivity contribution in [3.8, 4) is 0 Å². The van der Waals surface area contributed by atoms with Crippen molar-refractivity contribution in [2.45, 2.75) is 65.3 Å². The van der Waals surface area contributed by atoms with Crippen LogP contribution in [0.4, 0.5) is 0 Å². The molecule has 13 nitrogen and oxygen atoms in total. The Balaban J connectivity index is 2.45. The van der Waals surface area contributed by atoms with Gasteiger partial charge in [0.25, 0.3) is 5.91 Å². The van der Waals surface area contributed by atoms with Crippen molar-refractivity contribution < 1.29 is 52.2 Å². The third-order valence-corrected chi connectivity index (χ3v) is 4.28. The van der Waals surface area contributed by atoms with Crippen LogP contribution in [0.25, 0.3) is 0 Å². The van der Waals surface area contributed by atoms with Gasteiger partial charge in [-0.3, -0.25) is 24.0 Å². The summed E-state index contributed by atoms with van der Waals surface area (Å²) in [5, 5.41) is 6.07. The van der Waals surface area contributed by atoms with Gasteiger partial charge >= 0.3 is 23.9 Å². The Morgan fingerprint density at radius 2 is 1.53 bits per heavy atom. The lowest BCUT2D eigenvalue weighted by molar-refractivity contribution is -0.270. The van der Waals surface area contributed by atoms with Gasteiger partial charge in [-0.1, -0.05) is 5.16 Å². The quantitative estimate of drug-likeness (QED) is 0.424. The maximum Gasteiger partial charge on any atom is 0.305 e. The second-order valence-electron chi connectivity index (χ2n) is 6.90. The van der Waals surface area contributed by atoms with E-state index in [1.165, 1.54) is 13.1 Å². The predicted molar refractivity (Wildman–Crippen MR) is 101 cm³/mol. The largest absolute Gasteiger partial charge is 0.463 e. The van der Waals surface area contributed by atoms with E-state index in [1.807, 2.05) is 0 Å². The van der Waals surface area contributed by atoms with Gasteiger partial charge in [0.1, 0.15) is 30.1 Å². The van der Waals surface area contributed by atoms with Crippen LogP contribution in [-0.2, 0) is 42.9 Å². The highest BCUT2D eigenvalue weighted by Crippen LogP contribution is 2.28. The van der Waals surface area contributed by atoms with Crippen molar-refractivity contribution in [1.29, 1.82) is 0 Å². The van der Waals surface area contributed by atoms with Gasteiger partial charge in [-0.05, 0) is 6.92 Å². The van der Waals surface area contributed by atoms with Crippen LogP contribution in [-0.4, -0.2) is 72.2 Å². The normalized spacial score (nSPS) is 24.7. The van der Waals surface area contributed by atoms with E-state index in [0.29, 0.717) is 0 Å². The molecule has 0 unspecified atom stereocenters. The summed E-state index contributed by atoms with van der Waals surface area (Å²) in [6, 6.07) is -1.30. The van der Waals surface area contributed by atoms with Crippen LogP contribution in [0.15, 0.2) is 10.7 Å². The molecular weight excluding hydrogens is 432 g/mol. The fourth-order valence-electron chi connectivity index (χ4n) is 3.07. The SMILES string of the molecule is CC(=O)OC[C@H]1O[C@@H](OC(C)=O)[C@H](NC(=O)c2cnoc2C)[C@@H](OC(C)=O)[C@@H]1OC(C)=O. The highest BCUT2D eigenvalue weighted by atomic mass is 16.7. The van der Waals surface area contributed by atoms with Crippen molar-refractivity contribution in [3.05, 3.63) is 17.5 Å². The summed E-state index contributed by atoms with van der Waals surface area (Å²) in [6.07, 6.45) is -4.16. The molecule has 0 aliphatic carbocycles. The molecule has 1 saturated heterocycles. The summed E-state index contributed by atoms with van der Waals surface area (Å²) in [5.74, 6) is -3.45. The van der Waals surface area contributed by atoms with Gasteiger partial charge in [-0.15, -0.1) is 0 Å². The van der Waals surface area contributed by atoms with Crippen molar-refractivity contribution >= 4 is 29.8 Å². The molecule has 13 heteroatoms. The minimum Gasteiger partial charge on any atom is -0.463 e. The number of hydrogen-bond donors (Lipinski definition) is 1. The standard InChI is InChI=1S/C19H24N2O11/c1-8-13(6-20-32-8)18(26)21-15-17(29-11(4)24)16(28-10(3)23)14(7-27-9(2)22)31-19(15)30-12(5)25/h6,14-17,19H,7H2,1-5H3,(H,21,26)/t14-,15-,16-,17-,19-/m1/s1. The third kappa shape index (κ3) is 6.51. The molecule has 2 rings (SSSR count). The average Bonchev–Trinajstić information content (AvgIpc) is 3.09. The smallest absolute Gasteiger partial charge is 0.305 e. The summed E-state index contributed by atoms with van der Waals surface area (Å²) in [4.78, 5) is 59.3. The monoisotopic (exact) mass is 456 g/mol. The number of carbonyl (C=O) groups is 5. The first-order valence-electron chi connectivity index (χ1n) is 9.52. The lowest BCUT2D eigenvalue weighted by Gasteiger charge is -2.44. The van der Waals surface area contributed by atoms with E-state index in [9.17, 15) is 24.0 Å². The van der Waals surface area contributed by atoms with Gasteiger partial charge in [0.2, 0.25) is 6.29 Å². The number of esters is 4. The Morgan fingerprint density at radius 3 is 2.03 bits per heavy atom. The van der Waals surface area contributed by atoms with Gasteiger partial charge in [-0.2, -0.15) is 0 Å². The number of rotatable bonds is 7. The number of nitrogens with one attached hydrogen (secondary N) is 1. The Hall–Kier alpha value is -3.48. The maximum absolute atomic E-state index is 12.8. The third-order valence-electron chi connectivity index (χ3n) is 4.28. The van der Waals surface area contributed by atoms with Crippen LogP contribution < -0.4 is 5.32 Å². The second-order valence-corrected chi connectivity index (χ2v) is 6.90. The van der Waals surface area contributed by atoms with E-state index in [2.05, 4.69) is 10.5 Å². The molecule has 0 bridgehead atoms. The van der Waals surface area contributed by atoms with Crippen molar-refractivity contribution in [2.75, 3.05) is 6.61 Å². The summed E-state index contributed by atoms with van der Waals surface area (Å²) < 4.78 is 31.3. The van der Waals surface area contributed by atoms with Crippen LogP contribution in [0.5, 0.6) is 0 Å². The van der Waals surface area contributed by atoms with Crippen LogP contribution in [0.2, 0.25) is 0 Å². The number of aryl methyl sites for hydroxylation is 1. The van der Waals surface area contributed by atoms with E-state index in [-0.39, 0.29) is 11.3 Å². The summed E-state index contributed by atoms with van der Waals surface area (Å²) in [7, 11) is 0. The molecular formula is C19H24N2O11. The van der Waals surface area contributed by atoms with E-state index in [0.717, 1.165) is 27.7 Å². The zero-order valence-corrected chi connectivity index (χ0v) is 18.1. The molecule has 5 atom stereocenters. The Bertz CT molecular complexity index is 880. The molecule has 1 aliphatic heterocycles. The molecule has 1 fully saturated rings. The van der Waals surface area contributed by atoms with Crippen LogP contribution >= 0.6 is 0 Å². The number of hydrogen-bond acceptors (Lipinski definition) is 12. The lowest BCUT2D eigenvalue weighted by Crippen LogP contribution is -2.67. The minimum atomic E-state index is -1.48. The highest BCUT2D eigenvalue weighted by Gasteiger charge is 2.52. The number of ether oxygens (including phenoxy) is 5. The molecule has 0 radical (unpaired) electrons. The Labute approximate surface area is 182 Å². The number of aromatic nitrogens is 1. The molecule has 0 saturated carbocycles. The zero-order valence-electron chi connectivity index (χ0n) is 18.1. The lowest BCUT2D eigenvalue weighted by atomic mass is 9.95. The summed E-state index contributed by atoms with van der Waals surface area (Å²) in [5.41, 5.74) is 0.0687. The molecule has 1 amide bonds. The summed E-state index contributed by atoms with van der Waals surface area (Å²) >= 11 is 0. The van der Waals surface area contributed by atoms with Crippen LogP contribution in [0, 0.1) is 6.92 Å². The van der Waals surface area contributed by atoms with Gasteiger partial charge in [0.05, 0.1) is 6.20 Å². The minimum absolute atomic E-state index is 0.0687. The molecule has 32 heavy (non-hydrogen) atoms. The second kappa shape index (κ2) is 10.7. The van der Waals surface area contributed by atoms with Crippen molar-refractivity contribution in [2.24, 2.45) is 0 Å². The zero-order chi connectivity index (χ0) is 24.0. The average molecular weight is 456 g/mol. The molecule has 1 aromatic heterocycles. The number of amides is 1. The Morgan fingerprint density at radius 1 is 0.938 bits per heavy atom. The highest BCUT2D eigenvalue weighted by molar-refractivity contribution is 5.95. The molecule has 0 aromatic carbocycles. The molecule has 1 N–H and O–H groups in total. The molecule has 2 heterocycles. The Kier molecular flexibility index (Phi) is 8.29. The van der Waals surface area contributed by atoms with Gasteiger partial charge < -0.3 is 33.5 Å². The number of carbonyl (C=O) groups excluding carboxylic acids is 5. The topological polar surface area (TPSA) is 170 Å². The molecule has 1 aliphatic rings. The van der Waals surface area contributed by atoms with Gasteiger partial charge in [-0.25, -0.2) is 0 Å². The van der Waals surface area contributed by atoms with Crippen LogP contribution in [0.1, 0.15) is 43.8 Å². The maximum atomic E-state index is 12.8. The van der Waals surface area contributed by atoms with E-state index in [1.54, 1.807) is 0 Å². The fourth-order valence-corrected chi connectivity index (χ4v) is 3.07. The first kappa shape index (κ1) is 24.8. The van der Waals surface area contributed by atoms with Crippen molar-refractivity contribution in [3.63, 3.8) is 0 Å². The molecule has 0 spiro atoms. The first-order valence-corrected chi connectivity index (χ1v) is 9.52. The van der Waals surface area contributed by atoms with E-state index in [4.69, 9.17) is 28.2 Å². The van der Waals surface area contributed by atoms with Gasteiger partial charge in [0.15, 0.2) is 12.2 Å². The fraction of sp³-hybridized carbons (Fsp3) is 0.579. The van der Waals surface area contributed by atoms with Crippen LogP contribution in [0.3, 0.4) is 0 Å². The van der Waals surface area contributed by atoms with E-state index >= 15 is 0 Å².